The highest BCUT2D eigenvalue weighted by Gasteiger charge is 2.59. The summed E-state index contributed by atoms with van der Waals surface area (Å²) in [7, 11) is 0. The average molecular weight is 407 g/mol. The van der Waals surface area contributed by atoms with E-state index in [2.05, 4.69) is 13.8 Å². The van der Waals surface area contributed by atoms with Crippen molar-refractivity contribution in [2.75, 3.05) is 26.2 Å². The molecule has 2 fully saturated rings. The van der Waals surface area contributed by atoms with Crippen molar-refractivity contribution in [1.82, 2.24) is 9.80 Å². The summed E-state index contributed by atoms with van der Waals surface area (Å²) in [6.45, 7) is 5.93. The zero-order valence-electron chi connectivity index (χ0n) is 17.8. The molecular formula is C25H30N2O3. The first-order valence-electron chi connectivity index (χ1n) is 10.8. The van der Waals surface area contributed by atoms with Gasteiger partial charge in [0.1, 0.15) is 0 Å². The molecule has 1 N–H and O–H groups in total. The summed E-state index contributed by atoms with van der Waals surface area (Å²) in [5.41, 5.74) is 0.284. The Morgan fingerprint density at radius 3 is 1.40 bits per heavy atom. The van der Waals surface area contributed by atoms with Crippen molar-refractivity contribution in [1.29, 1.82) is 0 Å². The number of nitrogens with zero attached hydrogens (tertiary/aromatic N) is 2. The molecule has 0 radical (unpaired) electrons. The van der Waals surface area contributed by atoms with Crippen LogP contribution in [0.25, 0.3) is 0 Å². The van der Waals surface area contributed by atoms with Gasteiger partial charge in [0.15, 0.2) is 0 Å². The van der Waals surface area contributed by atoms with Gasteiger partial charge in [-0.1, -0.05) is 50.2 Å². The fourth-order valence-electron chi connectivity index (χ4n) is 5.38. The number of benzene rings is 2. The van der Waals surface area contributed by atoms with Crippen molar-refractivity contribution in [2.45, 2.75) is 32.8 Å². The zero-order chi connectivity index (χ0) is 21.4. The van der Waals surface area contributed by atoms with Crippen LogP contribution in [0.15, 0.2) is 60.7 Å². The number of aliphatic hydroxyl groups is 1. The standard InChI is InChI=1S/C25H30N2O3/c1-3-24-15-26(21(28)19-11-7-5-8-12-19)17-25(4-2,23(24)30)18-27(16-24)22(29)20-13-9-6-10-14-20/h5-14,23,30H,3-4,15-18H2,1-2H3. The van der Waals surface area contributed by atoms with Crippen LogP contribution in [0.1, 0.15) is 47.4 Å². The van der Waals surface area contributed by atoms with Crippen LogP contribution in [0, 0.1) is 10.8 Å². The van der Waals surface area contributed by atoms with Gasteiger partial charge in [-0.15, -0.1) is 0 Å². The van der Waals surface area contributed by atoms with E-state index in [1.165, 1.54) is 0 Å². The summed E-state index contributed by atoms with van der Waals surface area (Å²) in [5, 5.41) is 11.5. The number of hydrogen-bond donors (Lipinski definition) is 1. The molecular weight excluding hydrogens is 376 g/mol. The SMILES string of the molecule is CCC12CN(C(=O)c3ccccc3)CC(CC)(CN(C(=O)c3ccccc3)C1)C2O. The lowest BCUT2D eigenvalue weighted by Crippen LogP contribution is -2.72. The Morgan fingerprint density at radius 1 is 0.767 bits per heavy atom. The molecule has 30 heavy (non-hydrogen) atoms. The van der Waals surface area contributed by atoms with Crippen LogP contribution >= 0.6 is 0 Å². The van der Waals surface area contributed by atoms with Crippen LogP contribution in [-0.4, -0.2) is 59.0 Å². The molecule has 2 aliphatic heterocycles. The summed E-state index contributed by atoms with van der Waals surface area (Å²) < 4.78 is 0. The third-order valence-corrected chi connectivity index (χ3v) is 7.21. The molecule has 2 heterocycles. The Balaban J connectivity index is 1.68. The van der Waals surface area contributed by atoms with E-state index in [0.29, 0.717) is 50.1 Å². The van der Waals surface area contributed by atoms with Gasteiger partial charge in [-0.05, 0) is 37.1 Å². The lowest BCUT2D eigenvalue weighted by atomic mass is 9.59. The van der Waals surface area contributed by atoms with Gasteiger partial charge in [-0.25, -0.2) is 0 Å². The monoisotopic (exact) mass is 406 g/mol. The Hall–Kier alpha value is -2.66. The molecule has 2 aromatic carbocycles. The molecule has 0 saturated carbocycles. The fourth-order valence-corrected chi connectivity index (χ4v) is 5.38. The molecule has 2 saturated heterocycles. The summed E-state index contributed by atoms with van der Waals surface area (Å²) in [4.78, 5) is 30.3. The molecule has 0 atom stereocenters. The van der Waals surface area contributed by atoms with Gasteiger partial charge in [0.05, 0.1) is 6.10 Å². The molecule has 5 heteroatoms. The van der Waals surface area contributed by atoms with Crippen LogP contribution in [0.4, 0.5) is 0 Å². The van der Waals surface area contributed by atoms with Crippen LogP contribution in [0.3, 0.4) is 0 Å². The normalized spacial score (nSPS) is 28.3. The minimum Gasteiger partial charge on any atom is -0.392 e. The Morgan fingerprint density at radius 2 is 1.10 bits per heavy atom. The van der Waals surface area contributed by atoms with Gasteiger partial charge < -0.3 is 14.9 Å². The third-order valence-electron chi connectivity index (χ3n) is 7.21. The van der Waals surface area contributed by atoms with E-state index in [1.807, 2.05) is 70.5 Å². The van der Waals surface area contributed by atoms with Crippen molar-refractivity contribution in [3.8, 4) is 0 Å². The second-order valence-electron chi connectivity index (χ2n) is 8.89. The van der Waals surface area contributed by atoms with Gasteiger partial charge in [0, 0.05) is 48.1 Å². The van der Waals surface area contributed by atoms with E-state index >= 15 is 0 Å². The summed E-state index contributed by atoms with van der Waals surface area (Å²) in [6, 6.07) is 18.7. The number of hydrogen-bond acceptors (Lipinski definition) is 3. The third kappa shape index (κ3) is 3.31. The number of fused-ring (bicyclic) bond motifs is 2. The van der Waals surface area contributed by atoms with Gasteiger partial charge in [0.25, 0.3) is 11.8 Å². The van der Waals surface area contributed by atoms with Crippen molar-refractivity contribution in [3.05, 3.63) is 71.8 Å². The minimum atomic E-state index is -0.542. The Labute approximate surface area is 178 Å². The van der Waals surface area contributed by atoms with Gasteiger partial charge in [0.2, 0.25) is 0 Å². The van der Waals surface area contributed by atoms with Crippen molar-refractivity contribution >= 4 is 11.8 Å². The van der Waals surface area contributed by atoms with Crippen molar-refractivity contribution in [3.63, 3.8) is 0 Å². The number of carbonyl (C=O) groups is 2. The van der Waals surface area contributed by atoms with E-state index in [9.17, 15) is 14.7 Å². The number of amides is 2. The smallest absolute Gasteiger partial charge is 0.253 e. The molecule has 5 nitrogen and oxygen atoms in total. The summed E-state index contributed by atoms with van der Waals surface area (Å²) in [5.74, 6) is 0.00183. The van der Waals surface area contributed by atoms with Gasteiger partial charge in [-0.2, -0.15) is 0 Å². The van der Waals surface area contributed by atoms with E-state index < -0.39 is 16.9 Å². The summed E-state index contributed by atoms with van der Waals surface area (Å²) in [6.07, 6.45) is 0.861. The van der Waals surface area contributed by atoms with Crippen molar-refractivity contribution < 1.29 is 14.7 Å². The molecule has 2 aromatic rings. The minimum absolute atomic E-state index is 0.000913. The molecule has 2 aliphatic rings. The predicted octanol–water partition coefficient (Wildman–Crippen LogP) is 3.45. The Bertz CT molecular complexity index is 825. The number of likely N-dealkylation sites (tertiary alicyclic amines) is 2. The van der Waals surface area contributed by atoms with E-state index in [4.69, 9.17) is 0 Å². The molecule has 0 aliphatic carbocycles. The molecule has 0 spiro atoms. The van der Waals surface area contributed by atoms with Crippen LogP contribution < -0.4 is 0 Å². The first kappa shape index (κ1) is 20.6. The highest BCUT2D eigenvalue weighted by atomic mass is 16.3. The van der Waals surface area contributed by atoms with Crippen LogP contribution in [0.5, 0.6) is 0 Å². The first-order chi connectivity index (χ1) is 14.4. The molecule has 0 aromatic heterocycles. The van der Waals surface area contributed by atoms with Crippen LogP contribution in [-0.2, 0) is 0 Å². The maximum atomic E-state index is 13.3. The second-order valence-corrected chi connectivity index (χ2v) is 8.89. The highest BCUT2D eigenvalue weighted by Crippen LogP contribution is 2.50. The quantitative estimate of drug-likeness (QED) is 0.846. The van der Waals surface area contributed by atoms with E-state index in [0.717, 1.165) is 0 Å². The predicted molar refractivity (Wildman–Crippen MR) is 116 cm³/mol. The lowest BCUT2D eigenvalue weighted by Gasteiger charge is -2.61. The maximum Gasteiger partial charge on any atom is 0.253 e. The number of carbonyl (C=O) groups excluding carboxylic acids is 2. The topological polar surface area (TPSA) is 60.9 Å². The molecule has 2 bridgehead atoms. The number of aliphatic hydroxyl groups excluding tert-OH is 1. The maximum absolute atomic E-state index is 13.3. The average Bonchev–Trinajstić information content (AvgIpc) is 2.79. The van der Waals surface area contributed by atoms with Crippen molar-refractivity contribution in [2.24, 2.45) is 10.8 Å². The van der Waals surface area contributed by atoms with E-state index in [1.54, 1.807) is 0 Å². The fraction of sp³-hybridized carbons (Fsp3) is 0.440. The van der Waals surface area contributed by atoms with Crippen LogP contribution in [0.2, 0.25) is 0 Å². The Kier molecular flexibility index (Phi) is 5.41. The zero-order valence-corrected chi connectivity index (χ0v) is 17.8. The molecule has 4 rings (SSSR count). The lowest BCUT2D eigenvalue weighted by molar-refractivity contribution is -0.174. The second kappa shape index (κ2) is 7.88. The largest absolute Gasteiger partial charge is 0.392 e. The van der Waals surface area contributed by atoms with Gasteiger partial charge in [-0.3, -0.25) is 9.59 Å². The molecule has 2 amide bonds. The molecule has 158 valence electrons. The first-order valence-corrected chi connectivity index (χ1v) is 10.8. The van der Waals surface area contributed by atoms with Gasteiger partial charge >= 0.3 is 0 Å². The van der Waals surface area contributed by atoms with E-state index in [-0.39, 0.29) is 11.8 Å². The summed E-state index contributed by atoms with van der Waals surface area (Å²) >= 11 is 0. The number of rotatable bonds is 4. The highest BCUT2D eigenvalue weighted by molar-refractivity contribution is 5.95. The number of piperidine rings is 2. The molecule has 0 unspecified atom stereocenters.